The van der Waals surface area contributed by atoms with Gasteiger partial charge in [-0.15, -0.1) is 0 Å². The fourth-order valence-electron chi connectivity index (χ4n) is 2.40. The molecule has 0 radical (unpaired) electrons. The van der Waals surface area contributed by atoms with Crippen LogP contribution in [0.5, 0.6) is 0 Å². The Morgan fingerprint density at radius 1 is 1.47 bits per heavy atom. The van der Waals surface area contributed by atoms with Crippen molar-refractivity contribution in [2.45, 2.75) is 45.6 Å². The van der Waals surface area contributed by atoms with E-state index in [0.717, 1.165) is 30.7 Å². The van der Waals surface area contributed by atoms with Crippen LogP contribution < -0.4 is 5.73 Å². The minimum atomic E-state index is 0.0602. The van der Waals surface area contributed by atoms with Gasteiger partial charge in [0.1, 0.15) is 0 Å². The van der Waals surface area contributed by atoms with Crippen molar-refractivity contribution in [1.29, 1.82) is 0 Å². The zero-order chi connectivity index (χ0) is 13.8. The lowest BCUT2D eigenvalue weighted by atomic mass is 9.90. The first-order valence-electron chi connectivity index (χ1n) is 7.01. The monoisotopic (exact) mass is 262 g/mol. The Kier molecular flexibility index (Phi) is 4.47. The molecule has 0 atom stereocenters. The average molecular weight is 262 g/mol. The van der Waals surface area contributed by atoms with Crippen molar-refractivity contribution in [2.24, 2.45) is 5.73 Å². The molecule has 1 aliphatic carbocycles. The van der Waals surface area contributed by atoms with E-state index in [1.54, 1.807) is 0 Å². The molecule has 2 N–H and O–H groups in total. The maximum absolute atomic E-state index is 12.7. The van der Waals surface area contributed by atoms with Crippen LogP contribution >= 0.6 is 0 Å². The van der Waals surface area contributed by atoms with E-state index in [9.17, 15) is 4.79 Å². The molecule has 0 saturated heterocycles. The van der Waals surface area contributed by atoms with Crippen LogP contribution in [0, 0.1) is 6.92 Å². The Hall–Kier alpha value is -1.49. The zero-order valence-electron chi connectivity index (χ0n) is 11.7. The van der Waals surface area contributed by atoms with Crippen LogP contribution in [0.1, 0.15) is 47.9 Å². The summed E-state index contributed by atoms with van der Waals surface area (Å²) in [5.41, 5.74) is 7.89. The van der Waals surface area contributed by atoms with Crippen LogP contribution in [0.3, 0.4) is 0 Å². The minimum Gasteiger partial charge on any atom is -0.334 e. The molecule has 1 heterocycles. The largest absolute Gasteiger partial charge is 0.334 e. The predicted molar refractivity (Wildman–Crippen MR) is 73.9 cm³/mol. The van der Waals surface area contributed by atoms with E-state index in [-0.39, 0.29) is 5.91 Å². The predicted octanol–water partition coefficient (Wildman–Crippen LogP) is 1.30. The quantitative estimate of drug-likeness (QED) is 0.868. The van der Waals surface area contributed by atoms with Crippen molar-refractivity contribution < 1.29 is 4.79 Å². The molecule has 1 fully saturated rings. The van der Waals surface area contributed by atoms with Gasteiger partial charge in [-0.3, -0.25) is 4.79 Å². The summed E-state index contributed by atoms with van der Waals surface area (Å²) in [5, 5.41) is 8.17. The molecule has 104 valence electrons. The van der Waals surface area contributed by atoms with Gasteiger partial charge in [0.05, 0.1) is 17.0 Å². The first-order chi connectivity index (χ1) is 9.17. The second-order valence-corrected chi connectivity index (χ2v) is 5.07. The maximum Gasteiger partial charge on any atom is 0.256 e. The Morgan fingerprint density at radius 2 is 2.21 bits per heavy atom. The lowest BCUT2D eigenvalue weighted by Crippen LogP contribution is -2.46. The SMILES string of the molecule is CCc1nnc(C)cc1C(=O)N(CCN)C1CCC1. The smallest absolute Gasteiger partial charge is 0.256 e. The summed E-state index contributed by atoms with van der Waals surface area (Å²) < 4.78 is 0. The van der Waals surface area contributed by atoms with Gasteiger partial charge in [-0.05, 0) is 38.7 Å². The molecule has 0 unspecified atom stereocenters. The van der Waals surface area contributed by atoms with E-state index in [2.05, 4.69) is 10.2 Å². The highest BCUT2D eigenvalue weighted by Gasteiger charge is 2.30. The summed E-state index contributed by atoms with van der Waals surface area (Å²) in [6, 6.07) is 2.20. The van der Waals surface area contributed by atoms with Crippen molar-refractivity contribution in [3.63, 3.8) is 0 Å². The highest BCUT2D eigenvalue weighted by atomic mass is 16.2. The van der Waals surface area contributed by atoms with Gasteiger partial charge in [-0.25, -0.2) is 0 Å². The third-order valence-electron chi connectivity index (χ3n) is 3.70. The van der Waals surface area contributed by atoms with E-state index in [0.29, 0.717) is 24.7 Å². The second-order valence-electron chi connectivity index (χ2n) is 5.07. The van der Waals surface area contributed by atoms with Gasteiger partial charge in [0.25, 0.3) is 5.91 Å². The first kappa shape index (κ1) is 13.9. The molecular formula is C14H22N4O. The average Bonchev–Trinajstić information content (AvgIpc) is 2.35. The molecule has 0 aliphatic heterocycles. The van der Waals surface area contributed by atoms with E-state index < -0.39 is 0 Å². The van der Waals surface area contributed by atoms with E-state index in [1.807, 2.05) is 24.8 Å². The molecule has 0 bridgehead atoms. The summed E-state index contributed by atoms with van der Waals surface area (Å²) in [4.78, 5) is 14.6. The summed E-state index contributed by atoms with van der Waals surface area (Å²) in [7, 11) is 0. The van der Waals surface area contributed by atoms with Crippen molar-refractivity contribution in [3.8, 4) is 0 Å². The summed E-state index contributed by atoms with van der Waals surface area (Å²) in [6.07, 6.45) is 4.10. The van der Waals surface area contributed by atoms with Crippen molar-refractivity contribution in [2.75, 3.05) is 13.1 Å². The number of hydrogen-bond acceptors (Lipinski definition) is 4. The number of aryl methyl sites for hydroxylation is 2. The minimum absolute atomic E-state index is 0.0602. The maximum atomic E-state index is 12.7. The summed E-state index contributed by atoms with van der Waals surface area (Å²) in [6.45, 7) is 4.97. The molecule has 1 aliphatic rings. The van der Waals surface area contributed by atoms with Crippen LogP contribution in [0.2, 0.25) is 0 Å². The normalized spacial score (nSPS) is 15.1. The van der Waals surface area contributed by atoms with Gasteiger partial charge in [0.2, 0.25) is 0 Å². The van der Waals surface area contributed by atoms with E-state index >= 15 is 0 Å². The lowest BCUT2D eigenvalue weighted by Gasteiger charge is -2.37. The Balaban J connectivity index is 2.27. The number of aromatic nitrogens is 2. The Labute approximate surface area is 114 Å². The van der Waals surface area contributed by atoms with E-state index in [4.69, 9.17) is 5.73 Å². The topological polar surface area (TPSA) is 72.1 Å². The molecule has 1 amide bonds. The number of carbonyl (C=O) groups excluding carboxylic acids is 1. The van der Waals surface area contributed by atoms with Crippen molar-refractivity contribution >= 4 is 5.91 Å². The van der Waals surface area contributed by atoms with Crippen LogP contribution in [-0.4, -0.2) is 40.1 Å². The number of nitrogens with zero attached hydrogens (tertiary/aromatic N) is 3. The fourth-order valence-corrected chi connectivity index (χ4v) is 2.40. The van der Waals surface area contributed by atoms with Crippen molar-refractivity contribution in [3.05, 3.63) is 23.0 Å². The second kappa shape index (κ2) is 6.10. The zero-order valence-corrected chi connectivity index (χ0v) is 11.7. The summed E-state index contributed by atoms with van der Waals surface area (Å²) >= 11 is 0. The van der Waals surface area contributed by atoms with Gasteiger partial charge in [-0.1, -0.05) is 6.92 Å². The number of hydrogen-bond donors (Lipinski definition) is 1. The van der Waals surface area contributed by atoms with Crippen LogP contribution in [0.25, 0.3) is 0 Å². The Bertz CT molecular complexity index is 457. The summed E-state index contributed by atoms with van der Waals surface area (Å²) in [5.74, 6) is 0.0602. The number of rotatable bonds is 5. The van der Waals surface area contributed by atoms with Crippen LogP contribution in [0.4, 0.5) is 0 Å². The molecule has 0 spiro atoms. The number of carbonyl (C=O) groups is 1. The van der Waals surface area contributed by atoms with Crippen LogP contribution in [0.15, 0.2) is 6.07 Å². The lowest BCUT2D eigenvalue weighted by molar-refractivity contribution is 0.0586. The molecule has 5 heteroatoms. The molecule has 0 aromatic carbocycles. The third kappa shape index (κ3) is 2.92. The van der Waals surface area contributed by atoms with E-state index in [1.165, 1.54) is 6.42 Å². The highest BCUT2D eigenvalue weighted by molar-refractivity contribution is 5.95. The molecule has 1 aromatic rings. The first-order valence-corrected chi connectivity index (χ1v) is 7.01. The molecular weight excluding hydrogens is 240 g/mol. The van der Waals surface area contributed by atoms with Crippen molar-refractivity contribution in [1.82, 2.24) is 15.1 Å². The standard InChI is InChI=1S/C14H22N4O/c1-3-13-12(9-10(2)16-17-13)14(19)18(8-7-15)11-5-4-6-11/h9,11H,3-8,15H2,1-2H3. The molecule has 2 rings (SSSR count). The molecule has 1 saturated carbocycles. The van der Waals surface area contributed by atoms with Crippen LogP contribution in [-0.2, 0) is 6.42 Å². The number of nitrogens with two attached hydrogens (primary N) is 1. The third-order valence-corrected chi connectivity index (χ3v) is 3.70. The molecule has 1 aromatic heterocycles. The fraction of sp³-hybridized carbons (Fsp3) is 0.643. The molecule has 5 nitrogen and oxygen atoms in total. The number of amides is 1. The van der Waals surface area contributed by atoms with Gasteiger partial charge < -0.3 is 10.6 Å². The Morgan fingerprint density at radius 3 is 2.74 bits per heavy atom. The highest BCUT2D eigenvalue weighted by Crippen LogP contribution is 2.26. The van der Waals surface area contributed by atoms with Gasteiger partial charge in [-0.2, -0.15) is 10.2 Å². The van der Waals surface area contributed by atoms with Gasteiger partial charge in [0.15, 0.2) is 0 Å². The molecule has 19 heavy (non-hydrogen) atoms. The van der Waals surface area contributed by atoms with Gasteiger partial charge >= 0.3 is 0 Å². The van der Waals surface area contributed by atoms with Gasteiger partial charge in [0, 0.05) is 19.1 Å².